The summed E-state index contributed by atoms with van der Waals surface area (Å²) in [7, 11) is 0. The smallest absolute Gasteiger partial charge is 0.133 e. The molecule has 0 amide bonds. The zero-order chi connectivity index (χ0) is 5.54. The fourth-order valence-corrected chi connectivity index (χ4v) is 0.374. The van der Waals surface area contributed by atoms with E-state index in [9.17, 15) is 5.11 Å². The van der Waals surface area contributed by atoms with Crippen LogP contribution in [0.2, 0.25) is 0 Å². The second-order valence-corrected chi connectivity index (χ2v) is 1.50. The molecule has 43 valence electrons. The number of hydrogen-bond acceptors (Lipinski definition) is 1. The molecule has 0 unspecified atom stereocenters. The largest absolute Gasteiger partial charge is 0.292 e. The summed E-state index contributed by atoms with van der Waals surface area (Å²) in [5.74, 6) is 0. The summed E-state index contributed by atoms with van der Waals surface area (Å²) in [5.41, 5.74) is 0. The van der Waals surface area contributed by atoms with E-state index in [2.05, 4.69) is 12.2 Å². The third kappa shape index (κ3) is 5.92. The van der Waals surface area contributed by atoms with Crippen LogP contribution in [0.1, 0.15) is 19.8 Å². The Morgan fingerprint density at radius 1 is 1.57 bits per heavy atom. The quantitative estimate of drug-likeness (QED) is 0.412. The number of rotatable bonds is 4. The molecule has 0 spiro atoms. The molecule has 0 rings (SSSR count). The summed E-state index contributed by atoms with van der Waals surface area (Å²) in [6.45, 7) is 2.84. The average Bonchev–Trinajstić information content (AvgIpc) is 1.69. The highest BCUT2D eigenvalue weighted by molar-refractivity contribution is 4.36. The van der Waals surface area contributed by atoms with Gasteiger partial charge in [0, 0.05) is 0 Å². The first kappa shape index (κ1) is 6.92. The van der Waals surface area contributed by atoms with Crippen molar-refractivity contribution in [2.75, 3.05) is 13.3 Å². The van der Waals surface area contributed by atoms with Gasteiger partial charge in [0.15, 0.2) is 0 Å². The Balaban J connectivity index is 2.45. The van der Waals surface area contributed by atoms with E-state index in [0.29, 0.717) is 0 Å². The van der Waals surface area contributed by atoms with Gasteiger partial charge in [0.2, 0.25) is 0 Å². The third-order valence-corrected chi connectivity index (χ3v) is 0.809. The monoisotopic (exact) mass is 102 g/mol. The van der Waals surface area contributed by atoms with Gasteiger partial charge in [-0.05, 0) is 13.0 Å². The second kappa shape index (κ2) is 5.92. The second-order valence-electron chi connectivity index (χ2n) is 1.50. The maximum Gasteiger partial charge on any atom is 0.133 e. The van der Waals surface area contributed by atoms with Crippen LogP contribution in [-0.4, -0.2) is 13.3 Å². The van der Waals surface area contributed by atoms with Gasteiger partial charge in [-0.1, -0.05) is 13.3 Å². The van der Waals surface area contributed by atoms with Crippen molar-refractivity contribution in [1.29, 1.82) is 0 Å². The molecule has 0 aromatic carbocycles. The topological polar surface area (TPSA) is 31.9 Å². The Kier molecular flexibility index (Phi) is 5.85. The molecule has 0 aromatic heterocycles. The summed E-state index contributed by atoms with van der Waals surface area (Å²) < 4.78 is 0. The Morgan fingerprint density at radius 2 is 2.29 bits per heavy atom. The third-order valence-electron chi connectivity index (χ3n) is 0.809. The van der Waals surface area contributed by atoms with E-state index < -0.39 is 0 Å². The highest BCUT2D eigenvalue weighted by atomic mass is 16.3. The lowest BCUT2D eigenvalue weighted by Gasteiger charge is -1.93. The molecule has 1 radical (unpaired) electrons. The van der Waals surface area contributed by atoms with E-state index in [-0.39, 0.29) is 6.73 Å². The lowest BCUT2D eigenvalue weighted by Crippen LogP contribution is -2.14. The van der Waals surface area contributed by atoms with E-state index in [0.717, 1.165) is 19.4 Å². The summed E-state index contributed by atoms with van der Waals surface area (Å²) in [6.07, 6.45) is 2.27. The Labute approximate surface area is 44.5 Å². The van der Waals surface area contributed by atoms with Crippen LogP contribution in [0.5, 0.6) is 0 Å². The van der Waals surface area contributed by atoms with Crippen LogP contribution < -0.4 is 5.32 Å². The molecule has 0 saturated carbocycles. The molecule has 0 atom stereocenters. The van der Waals surface area contributed by atoms with Crippen molar-refractivity contribution < 1.29 is 5.11 Å². The van der Waals surface area contributed by atoms with Crippen molar-refractivity contribution in [3.63, 3.8) is 0 Å². The molecule has 1 N–H and O–H groups in total. The van der Waals surface area contributed by atoms with Crippen LogP contribution in [0.15, 0.2) is 0 Å². The van der Waals surface area contributed by atoms with Crippen molar-refractivity contribution in [2.24, 2.45) is 0 Å². The molecule has 0 aliphatic rings. The average molecular weight is 102 g/mol. The molecule has 0 aliphatic heterocycles. The zero-order valence-electron chi connectivity index (χ0n) is 4.74. The first-order chi connectivity index (χ1) is 3.41. The van der Waals surface area contributed by atoms with Crippen LogP contribution in [0.3, 0.4) is 0 Å². The van der Waals surface area contributed by atoms with Crippen molar-refractivity contribution in [3.05, 3.63) is 0 Å². The molecular weight excluding hydrogens is 90.1 g/mol. The molecule has 7 heavy (non-hydrogen) atoms. The molecule has 0 heterocycles. The summed E-state index contributed by atoms with van der Waals surface area (Å²) in [6, 6.07) is 0. The van der Waals surface area contributed by atoms with Gasteiger partial charge < -0.3 is 0 Å². The van der Waals surface area contributed by atoms with E-state index in [1.807, 2.05) is 0 Å². The van der Waals surface area contributed by atoms with Crippen molar-refractivity contribution in [3.8, 4) is 0 Å². The van der Waals surface area contributed by atoms with Crippen LogP contribution in [0.25, 0.3) is 0 Å². The first-order valence-corrected chi connectivity index (χ1v) is 2.70. The Bertz CT molecular complexity index is 27.3. The minimum atomic E-state index is -0.139. The Hall–Kier alpha value is -0.0800. The normalized spacial score (nSPS) is 9.43. The van der Waals surface area contributed by atoms with Gasteiger partial charge in [-0.25, -0.2) is 5.11 Å². The maximum atomic E-state index is 9.69. The van der Waals surface area contributed by atoms with E-state index in [1.54, 1.807) is 0 Å². The lowest BCUT2D eigenvalue weighted by molar-refractivity contribution is 0.168. The van der Waals surface area contributed by atoms with Gasteiger partial charge in [-0.2, -0.15) is 0 Å². The highest BCUT2D eigenvalue weighted by Crippen LogP contribution is 1.80. The number of unbranched alkanes of at least 4 members (excludes halogenated alkanes) is 1. The van der Waals surface area contributed by atoms with Crippen molar-refractivity contribution in [2.45, 2.75) is 19.8 Å². The van der Waals surface area contributed by atoms with E-state index in [4.69, 9.17) is 0 Å². The molecule has 0 fully saturated rings. The molecule has 0 aromatic rings. The van der Waals surface area contributed by atoms with E-state index >= 15 is 0 Å². The molecule has 0 aliphatic carbocycles. The summed E-state index contributed by atoms with van der Waals surface area (Å²) in [4.78, 5) is 0. The standard InChI is InChI=1S/C5H12NO/c1-2-3-4-6-5-7/h6H,2-5H2,1H3. The molecule has 2 nitrogen and oxygen atoms in total. The van der Waals surface area contributed by atoms with Crippen LogP contribution in [0, 0.1) is 0 Å². The zero-order valence-corrected chi connectivity index (χ0v) is 4.74. The fraction of sp³-hybridized carbons (Fsp3) is 1.00. The minimum Gasteiger partial charge on any atom is -0.292 e. The van der Waals surface area contributed by atoms with Gasteiger partial charge in [0.1, 0.15) is 6.73 Å². The van der Waals surface area contributed by atoms with Crippen LogP contribution in [-0.2, 0) is 5.11 Å². The molecule has 2 heteroatoms. The van der Waals surface area contributed by atoms with Crippen LogP contribution >= 0.6 is 0 Å². The van der Waals surface area contributed by atoms with Crippen molar-refractivity contribution in [1.82, 2.24) is 5.32 Å². The molecule has 0 saturated heterocycles. The number of nitrogens with one attached hydrogen (secondary N) is 1. The maximum absolute atomic E-state index is 9.69. The SMILES string of the molecule is CCCCNC[O]. The highest BCUT2D eigenvalue weighted by Gasteiger charge is 1.78. The van der Waals surface area contributed by atoms with Gasteiger partial charge in [-0.3, -0.25) is 5.32 Å². The molecular formula is C5H12NO. The summed E-state index contributed by atoms with van der Waals surface area (Å²) in [5, 5.41) is 12.4. The number of hydrogen-bond donors (Lipinski definition) is 1. The lowest BCUT2D eigenvalue weighted by atomic mass is 10.3. The predicted octanol–water partition coefficient (Wildman–Crippen LogP) is 0.764. The van der Waals surface area contributed by atoms with E-state index in [1.165, 1.54) is 0 Å². The summed E-state index contributed by atoms with van der Waals surface area (Å²) >= 11 is 0. The van der Waals surface area contributed by atoms with Crippen LogP contribution in [0.4, 0.5) is 0 Å². The van der Waals surface area contributed by atoms with Gasteiger partial charge in [0.25, 0.3) is 0 Å². The van der Waals surface area contributed by atoms with Gasteiger partial charge in [-0.15, -0.1) is 0 Å². The minimum absolute atomic E-state index is 0.139. The van der Waals surface area contributed by atoms with Gasteiger partial charge in [0.05, 0.1) is 0 Å². The van der Waals surface area contributed by atoms with Gasteiger partial charge >= 0.3 is 0 Å². The predicted molar refractivity (Wildman–Crippen MR) is 28.5 cm³/mol. The fourth-order valence-electron chi connectivity index (χ4n) is 0.374. The Morgan fingerprint density at radius 3 is 2.71 bits per heavy atom. The first-order valence-electron chi connectivity index (χ1n) is 2.70. The molecule has 0 bridgehead atoms. The van der Waals surface area contributed by atoms with Crippen molar-refractivity contribution >= 4 is 0 Å².